The van der Waals surface area contributed by atoms with E-state index >= 15 is 0 Å². The fraction of sp³-hybridized carbons (Fsp3) is 0.519. The van der Waals surface area contributed by atoms with Crippen LogP contribution in [-0.4, -0.2) is 25.3 Å². The van der Waals surface area contributed by atoms with Crippen molar-refractivity contribution in [2.75, 3.05) is 19.8 Å². The Morgan fingerprint density at radius 1 is 0.737 bits per heavy atom. The van der Waals surface area contributed by atoms with Crippen LogP contribution in [-0.2, 0) is 12.4 Å². The second kappa shape index (κ2) is 13.0. The maximum absolute atomic E-state index is 13.7. The van der Waals surface area contributed by atoms with Gasteiger partial charge in [-0.1, -0.05) is 47.6 Å². The van der Waals surface area contributed by atoms with Crippen molar-refractivity contribution in [1.82, 2.24) is 0 Å². The molecule has 0 fully saturated rings. The minimum absolute atomic E-state index is 0.0462. The molecule has 0 saturated carbocycles. The van der Waals surface area contributed by atoms with E-state index in [2.05, 4.69) is 0 Å². The van der Waals surface area contributed by atoms with Crippen LogP contribution < -0.4 is 19.5 Å². The zero-order chi connectivity index (χ0) is 28.8. The molecule has 4 nitrogen and oxygen atoms in total. The summed E-state index contributed by atoms with van der Waals surface area (Å²) in [5, 5.41) is 0.0818. The van der Waals surface area contributed by atoms with Crippen LogP contribution in [0.5, 0.6) is 17.2 Å². The molecule has 0 N–H and O–H groups in total. The zero-order valence-corrected chi connectivity index (χ0v) is 23.1. The summed E-state index contributed by atoms with van der Waals surface area (Å²) >= 11 is 0. The predicted molar refractivity (Wildman–Crippen MR) is 136 cm³/mol. The first-order chi connectivity index (χ1) is 17.5. The van der Waals surface area contributed by atoms with Crippen LogP contribution in [0.3, 0.4) is 0 Å². The summed E-state index contributed by atoms with van der Waals surface area (Å²) in [6, 6.07) is 4.57. The third-order valence-electron chi connectivity index (χ3n) is 4.91. The summed E-state index contributed by atoms with van der Waals surface area (Å²) in [5.74, 6) is 0.850. The van der Waals surface area contributed by atoms with Crippen molar-refractivity contribution in [3.05, 3.63) is 47.0 Å². The van der Waals surface area contributed by atoms with Gasteiger partial charge in [-0.25, -0.2) is 0 Å². The van der Waals surface area contributed by atoms with Gasteiger partial charge in [-0.3, -0.25) is 4.79 Å². The van der Waals surface area contributed by atoms with Gasteiger partial charge in [0.2, 0.25) is 0 Å². The van der Waals surface area contributed by atoms with Crippen molar-refractivity contribution in [1.29, 1.82) is 0 Å². The number of alkyl halides is 6. The van der Waals surface area contributed by atoms with Gasteiger partial charge in [0.15, 0.2) is 5.52 Å². The van der Waals surface area contributed by atoms with Crippen LogP contribution in [0.4, 0.5) is 26.3 Å². The molecule has 0 bridgehead atoms. The molecule has 0 aliphatic carbocycles. The molecule has 212 valence electrons. The van der Waals surface area contributed by atoms with Crippen molar-refractivity contribution >= 4 is 19.4 Å². The molecular formula is C27H33F6O4P. The van der Waals surface area contributed by atoms with Gasteiger partial charge in [0.1, 0.15) is 17.2 Å². The summed E-state index contributed by atoms with van der Waals surface area (Å²) in [7, 11) is -1.14. The number of ether oxygens (including phenoxy) is 3. The molecule has 1 unspecified atom stereocenters. The van der Waals surface area contributed by atoms with Crippen LogP contribution in [0.1, 0.15) is 63.0 Å². The Morgan fingerprint density at radius 2 is 1.13 bits per heavy atom. The first kappa shape index (κ1) is 31.7. The number of hydrogen-bond acceptors (Lipinski definition) is 4. The van der Waals surface area contributed by atoms with E-state index in [0.717, 1.165) is 0 Å². The first-order valence-corrected chi connectivity index (χ1v) is 13.2. The standard InChI is InChI=1S/C27H33F6O4P/c1-15(2)12-35-18-10-21(36-13-16(3)4)24(22(11-18)37-14-17(5)6)38-25(34)23-19(26(28,29)30)8-7-9-20(23)27(31,32)33/h7-11,15-17,38H,12-14H2,1-6H3. The summed E-state index contributed by atoms with van der Waals surface area (Å²) in [4.78, 5) is 13.3. The minimum Gasteiger partial charge on any atom is -0.493 e. The lowest BCUT2D eigenvalue weighted by Crippen LogP contribution is -2.21. The largest absolute Gasteiger partial charge is 0.493 e. The SMILES string of the molecule is CC(C)COc1cc(OCC(C)C)c(PC(=O)c2c(C(F)(F)F)cccc2C(F)(F)F)c(OCC(C)C)c1. The molecule has 2 aromatic carbocycles. The van der Waals surface area contributed by atoms with Crippen molar-refractivity contribution in [2.24, 2.45) is 17.8 Å². The third kappa shape index (κ3) is 9.07. The monoisotopic (exact) mass is 566 g/mol. The van der Waals surface area contributed by atoms with Gasteiger partial charge in [0.25, 0.3) is 0 Å². The molecule has 0 aromatic heterocycles. The van der Waals surface area contributed by atoms with E-state index in [9.17, 15) is 31.1 Å². The lowest BCUT2D eigenvalue weighted by molar-refractivity contribution is -0.143. The summed E-state index contributed by atoms with van der Waals surface area (Å²) in [6.45, 7) is 12.1. The molecule has 0 saturated heterocycles. The van der Waals surface area contributed by atoms with E-state index < -0.39 is 43.1 Å². The Balaban J connectivity index is 2.69. The fourth-order valence-electron chi connectivity index (χ4n) is 3.22. The van der Waals surface area contributed by atoms with Crippen molar-refractivity contribution in [3.8, 4) is 17.2 Å². The summed E-state index contributed by atoms with van der Waals surface area (Å²) in [5.41, 5.74) is -6.03. The predicted octanol–water partition coefficient (Wildman–Crippen LogP) is 7.97. The van der Waals surface area contributed by atoms with E-state index in [1.165, 1.54) is 12.1 Å². The maximum atomic E-state index is 13.7. The van der Waals surface area contributed by atoms with E-state index in [-0.39, 0.29) is 47.8 Å². The molecule has 2 aromatic rings. The van der Waals surface area contributed by atoms with Crippen LogP contribution in [0.2, 0.25) is 0 Å². The molecule has 0 aliphatic heterocycles. The van der Waals surface area contributed by atoms with Crippen LogP contribution >= 0.6 is 8.58 Å². The minimum atomic E-state index is -5.17. The Morgan fingerprint density at radius 3 is 1.50 bits per heavy atom. The van der Waals surface area contributed by atoms with Gasteiger partial charge >= 0.3 is 12.4 Å². The molecule has 1 atom stereocenters. The molecule has 0 aliphatic rings. The molecule has 0 spiro atoms. The van der Waals surface area contributed by atoms with Gasteiger partial charge in [-0.2, -0.15) is 26.3 Å². The van der Waals surface area contributed by atoms with E-state index in [1.54, 1.807) is 0 Å². The third-order valence-corrected chi connectivity index (χ3v) is 6.13. The van der Waals surface area contributed by atoms with Gasteiger partial charge in [-0.05, 0) is 38.5 Å². The molecule has 0 amide bonds. The van der Waals surface area contributed by atoms with Crippen molar-refractivity contribution < 1.29 is 45.3 Å². The highest BCUT2D eigenvalue weighted by Crippen LogP contribution is 2.43. The van der Waals surface area contributed by atoms with E-state index in [0.29, 0.717) is 30.6 Å². The average molecular weight is 567 g/mol. The number of carbonyl (C=O) groups excluding carboxylic acids is 1. The summed E-state index contributed by atoms with van der Waals surface area (Å²) in [6.07, 6.45) is -10.3. The van der Waals surface area contributed by atoms with Crippen LogP contribution in [0.25, 0.3) is 0 Å². The average Bonchev–Trinajstić information content (AvgIpc) is 2.79. The number of hydrogen-bond donors (Lipinski definition) is 0. The van der Waals surface area contributed by atoms with Gasteiger partial charge in [0, 0.05) is 17.7 Å². The van der Waals surface area contributed by atoms with Crippen LogP contribution in [0.15, 0.2) is 30.3 Å². The number of rotatable bonds is 12. The van der Waals surface area contributed by atoms with Crippen molar-refractivity contribution in [2.45, 2.75) is 53.9 Å². The quantitative estimate of drug-likeness (QED) is 0.193. The molecule has 38 heavy (non-hydrogen) atoms. The van der Waals surface area contributed by atoms with E-state index in [4.69, 9.17) is 14.2 Å². The van der Waals surface area contributed by atoms with Crippen molar-refractivity contribution in [3.63, 3.8) is 0 Å². The molecule has 2 rings (SSSR count). The lowest BCUT2D eigenvalue weighted by atomic mass is 10.0. The topological polar surface area (TPSA) is 44.8 Å². The zero-order valence-electron chi connectivity index (χ0n) is 22.1. The number of halogens is 6. The Bertz CT molecular complexity index is 1030. The van der Waals surface area contributed by atoms with Crippen LogP contribution in [0, 0.1) is 17.8 Å². The molecule has 11 heteroatoms. The Hall–Kier alpha value is -2.48. The first-order valence-electron chi connectivity index (χ1n) is 12.2. The Kier molecular flexibility index (Phi) is 10.9. The normalized spacial score (nSPS) is 12.7. The highest BCUT2D eigenvalue weighted by molar-refractivity contribution is 7.66. The second-order valence-electron chi connectivity index (χ2n) is 10.1. The number of benzene rings is 2. The van der Waals surface area contributed by atoms with Gasteiger partial charge in [-0.15, -0.1) is 0 Å². The van der Waals surface area contributed by atoms with E-state index in [1.807, 2.05) is 41.5 Å². The fourth-order valence-corrected chi connectivity index (χ4v) is 4.38. The lowest BCUT2D eigenvalue weighted by Gasteiger charge is -2.21. The maximum Gasteiger partial charge on any atom is 0.417 e. The Labute approximate surface area is 220 Å². The number of carbonyl (C=O) groups is 1. The smallest absolute Gasteiger partial charge is 0.417 e. The molecule has 0 heterocycles. The highest BCUT2D eigenvalue weighted by atomic mass is 31.1. The highest BCUT2D eigenvalue weighted by Gasteiger charge is 2.43. The van der Waals surface area contributed by atoms with Gasteiger partial charge < -0.3 is 14.2 Å². The molecule has 0 radical (unpaired) electrons. The summed E-state index contributed by atoms with van der Waals surface area (Å²) < 4.78 is 99.8. The second-order valence-corrected chi connectivity index (χ2v) is 11.3. The van der Waals surface area contributed by atoms with Gasteiger partial charge in [0.05, 0.1) is 36.3 Å². The molecular weight excluding hydrogens is 533 g/mol.